The smallest absolute Gasteiger partial charge is 0.223 e. The second kappa shape index (κ2) is 7.36. The molecule has 1 aliphatic heterocycles. The van der Waals surface area contributed by atoms with Gasteiger partial charge in [0, 0.05) is 37.3 Å². The van der Waals surface area contributed by atoms with Crippen molar-refractivity contribution in [3.63, 3.8) is 0 Å². The zero-order valence-corrected chi connectivity index (χ0v) is 11.3. The molecule has 0 aromatic carbocycles. The summed E-state index contributed by atoms with van der Waals surface area (Å²) in [6.07, 6.45) is 2.72. The average molecular weight is 253 g/mol. The highest BCUT2D eigenvalue weighted by Crippen LogP contribution is 2.11. The van der Waals surface area contributed by atoms with E-state index in [0.717, 1.165) is 18.8 Å². The minimum absolute atomic E-state index is 0. The third-order valence-electron chi connectivity index (χ3n) is 2.87. The zero-order chi connectivity index (χ0) is 10.6. The first kappa shape index (κ1) is 15.1. The molecule has 5 heteroatoms. The number of nitrogens with zero attached hydrogens (tertiary/aromatic N) is 1. The minimum atomic E-state index is 0. The Kier molecular flexibility index (Phi) is 7.40. The molecule has 0 radical (unpaired) electrons. The summed E-state index contributed by atoms with van der Waals surface area (Å²) in [5.41, 5.74) is 0. The SMILES string of the molecule is CSCCC(=O)N1CCNC(C)C1C.Cl. The van der Waals surface area contributed by atoms with Crippen LogP contribution in [0.3, 0.4) is 0 Å². The van der Waals surface area contributed by atoms with Crippen molar-refractivity contribution in [2.75, 3.05) is 25.1 Å². The number of hydrogen-bond acceptors (Lipinski definition) is 3. The normalized spacial score (nSPS) is 25.9. The molecule has 1 heterocycles. The number of carbonyl (C=O) groups is 1. The summed E-state index contributed by atoms with van der Waals surface area (Å²) in [5, 5.41) is 3.37. The molecule has 3 nitrogen and oxygen atoms in total. The summed E-state index contributed by atoms with van der Waals surface area (Å²) in [5.74, 6) is 1.24. The van der Waals surface area contributed by atoms with E-state index in [4.69, 9.17) is 0 Å². The summed E-state index contributed by atoms with van der Waals surface area (Å²) in [6.45, 7) is 6.04. The van der Waals surface area contributed by atoms with Gasteiger partial charge in [-0.25, -0.2) is 0 Å². The molecule has 0 aliphatic carbocycles. The van der Waals surface area contributed by atoms with Gasteiger partial charge in [-0.1, -0.05) is 0 Å². The largest absolute Gasteiger partial charge is 0.337 e. The molecule has 1 N–H and O–H groups in total. The van der Waals surface area contributed by atoms with Crippen LogP contribution in [0.4, 0.5) is 0 Å². The van der Waals surface area contributed by atoms with E-state index in [1.165, 1.54) is 0 Å². The van der Waals surface area contributed by atoms with Gasteiger partial charge in [0.15, 0.2) is 0 Å². The van der Waals surface area contributed by atoms with Crippen LogP contribution < -0.4 is 5.32 Å². The van der Waals surface area contributed by atoms with Gasteiger partial charge in [0.25, 0.3) is 0 Å². The van der Waals surface area contributed by atoms with Crippen molar-refractivity contribution >= 4 is 30.1 Å². The monoisotopic (exact) mass is 252 g/mol. The predicted octanol–water partition coefficient (Wildman–Crippen LogP) is 1.37. The first-order valence-electron chi connectivity index (χ1n) is 5.18. The van der Waals surface area contributed by atoms with Crippen molar-refractivity contribution in [2.24, 2.45) is 0 Å². The molecular formula is C10H21ClN2OS. The zero-order valence-electron chi connectivity index (χ0n) is 9.66. The topological polar surface area (TPSA) is 32.3 Å². The summed E-state index contributed by atoms with van der Waals surface area (Å²) in [4.78, 5) is 13.8. The Morgan fingerprint density at radius 2 is 2.20 bits per heavy atom. The Balaban J connectivity index is 0.00000196. The Labute approximate surface area is 103 Å². The number of rotatable bonds is 3. The molecule has 0 bridgehead atoms. The van der Waals surface area contributed by atoms with E-state index in [-0.39, 0.29) is 12.4 Å². The number of thioether (sulfide) groups is 1. The standard InChI is InChI=1S/C10H20N2OS.ClH/c1-8-9(2)12(6-5-11-8)10(13)4-7-14-3;/h8-9,11H,4-7H2,1-3H3;1H. The van der Waals surface area contributed by atoms with Gasteiger partial charge in [-0.05, 0) is 20.1 Å². The highest BCUT2D eigenvalue weighted by molar-refractivity contribution is 7.98. The van der Waals surface area contributed by atoms with Gasteiger partial charge in [-0.15, -0.1) is 12.4 Å². The van der Waals surface area contributed by atoms with Crippen molar-refractivity contribution in [2.45, 2.75) is 32.4 Å². The molecule has 0 aromatic heterocycles. The lowest BCUT2D eigenvalue weighted by Gasteiger charge is -2.38. The number of carbonyl (C=O) groups excluding carboxylic acids is 1. The molecule has 1 fully saturated rings. The number of piperazine rings is 1. The Morgan fingerprint density at radius 1 is 1.53 bits per heavy atom. The fourth-order valence-corrected chi connectivity index (χ4v) is 2.12. The highest BCUT2D eigenvalue weighted by atomic mass is 35.5. The maximum Gasteiger partial charge on any atom is 0.223 e. The number of amides is 1. The molecule has 0 spiro atoms. The molecule has 1 saturated heterocycles. The fourth-order valence-electron chi connectivity index (χ4n) is 1.74. The first-order valence-corrected chi connectivity index (χ1v) is 6.58. The molecule has 2 atom stereocenters. The van der Waals surface area contributed by atoms with E-state index in [2.05, 4.69) is 19.2 Å². The van der Waals surface area contributed by atoms with Gasteiger partial charge in [0.1, 0.15) is 0 Å². The van der Waals surface area contributed by atoms with E-state index in [1.807, 2.05) is 11.2 Å². The van der Waals surface area contributed by atoms with Gasteiger partial charge in [0.2, 0.25) is 5.91 Å². The summed E-state index contributed by atoms with van der Waals surface area (Å²) < 4.78 is 0. The summed E-state index contributed by atoms with van der Waals surface area (Å²) >= 11 is 1.73. The molecule has 90 valence electrons. The second-order valence-corrected chi connectivity index (χ2v) is 4.80. The van der Waals surface area contributed by atoms with E-state index in [0.29, 0.717) is 24.4 Å². The third-order valence-corrected chi connectivity index (χ3v) is 3.49. The third kappa shape index (κ3) is 4.21. The van der Waals surface area contributed by atoms with Crippen LogP contribution in [-0.2, 0) is 4.79 Å². The van der Waals surface area contributed by atoms with Gasteiger partial charge < -0.3 is 10.2 Å². The first-order chi connectivity index (χ1) is 6.66. The van der Waals surface area contributed by atoms with Crippen LogP contribution in [0.15, 0.2) is 0 Å². The highest BCUT2D eigenvalue weighted by Gasteiger charge is 2.27. The van der Waals surface area contributed by atoms with Crippen molar-refractivity contribution < 1.29 is 4.79 Å². The van der Waals surface area contributed by atoms with Crippen LogP contribution in [0.2, 0.25) is 0 Å². The lowest BCUT2D eigenvalue weighted by Crippen LogP contribution is -2.57. The van der Waals surface area contributed by atoms with Crippen LogP contribution in [-0.4, -0.2) is 48.0 Å². The van der Waals surface area contributed by atoms with Crippen molar-refractivity contribution in [1.29, 1.82) is 0 Å². The van der Waals surface area contributed by atoms with Gasteiger partial charge >= 0.3 is 0 Å². The van der Waals surface area contributed by atoms with Crippen molar-refractivity contribution in [1.82, 2.24) is 10.2 Å². The minimum Gasteiger partial charge on any atom is -0.337 e. The van der Waals surface area contributed by atoms with Crippen LogP contribution in [0.25, 0.3) is 0 Å². The van der Waals surface area contributed by atoms with Gasteiger partial charge in [0.05, 0.1) is 0 Å². The molecule has 2 unspecified atom stereocenters. The van der Waals surface area contributed by atoms with Crippen LogP contribution in [0, 0.1) is 0 Å². The molecule has 15 heavy (non-hydrogen) atoms. The Hall–Kier alpha value is 0.0700. The van der Waals surface area contributed by atoms with Crippen LogP contribution >= 0.6 is 24.2 Å². The molecule has 1 rings (SSSR count). The molecule has 1 amide bonds. The molecule has 1 aliphatic rings. The number of halogens is 1. The van der Waals surface area contributed by atoms with Gasteiger partial charge in [-0.3, -0.25) is 4.79 Å². The van der Waals surface area contributed by atoms with E-state index in [9.17, 15) is 4.79 Å². The second-order valence-electron chi connectivity index (χ2n) is 3.81. The van der Waals surface area contributed by atoms with Crippen molar-refractivity contribution in [3.8, 4) is 0 Å². The maximum atomic E-state index is 11.8. The van der Waals surface area contributed by atoms with Crippen molar-refractivity contribution in [3.05, 3.63) is 0 Å². The quantitative estimate of drug-likeness (QED) is 0.824. The fraction of sp³-hybridized carbons (Fsp3) is 0.900. The molecule has 0 saturated carbocycles. The Bertz CT molecular complexity index is 204. The maximum absolute atomic E-state index is 11.8. The lowest BCUT2D eigenvalue weighted by atomic mass is 10.1. The number of hydrogen-bond donors (Lipinski definition) is 1. The molecular weight excluding hydrogens is 232 g/mol. The summed E-state index contributed by atoms with van der Waals surface area (Å²) in [7, 11) is 0. The summed E-state index contributed by atoms with van der Waals surface area (Å²) in [6, 6.07) is 0.750. The van der Waals surface area contributed by atoms with Crippen LogP contribution in [0.5, 0.6) is 0 Å². The lowest BCUT2D eigenvalue weighted by molar-refractivity contribution is -0.134. The van der Waals surface area contributed by atoms with E-state index >= 15 is 0 Å². The Morgan fingerprint density at radius 3 is 2.80 bits per heavy atom. The van der Waals surface area contributed by atoms with E-state index in [1.54, 1.807) is 11.8 Å². The number of nitrogens with one attached hydrogen (secondary N) is 1. The van der Waals surface area contributed by atoms with Crippen LogP contribution in [0.1, 0.15) is 20.3 Å². The predicted molar refractivity (Wildman–Crippen MR) is 68.9 cm³/mol. The van der Waals surface area contributed by atoms with E-state index < -0.39 is 0 Å². The average Bonchev–Trinajstić information content (AvgIpc) is 2.18. The molecule has 0 aromatic rings. The van der Waals surface area contributed by atoms with Gasteiger partial charge in [-0.2, -0.15) is 11.8 Å².